The van der Waals surface area contributed by atoms with Gasteiger partial charge in [-0.2, -0.15) is 0 Å². The number of nitrogens with zero attached hydrogens (tertiary/aromatic N) is 6. The van der Waals surface area contributed by atoms with Gasteiger partial charge in [-0.15, -0.1) is 30.4 Å². The molecule has 25 heteroatoms. The van der Waals surface area contributed by atoms with Crippen LogP contribution in [0.1, 0.15) is 209 Å². The molecule has 8 fully saturated rings. The van der Waals surface area contributed by atoms with Crippen LogP contribution in [-0.4, -0.2) is 129 Å². The molecule has 150 heavy (non-hydrogen) atoms. The van der Waals surface area contributed by atoms with Crippen molar-refractivity contribution in [1.82, 2.24) is 28.7 Å². The van der Waals surface area contributed by atoms with Gasteiger partial charge in [0, 0.05) is 124 Å². The zero-order valence-electron chi connectivity index (χ0n) is 93.0. The molecular formula is C125H170Cl2I2N6O9P2PdSi3. The summed E-state index contributed by atoms with van der Waals surface area (Å²) in [5.74, 6) is 20.6. The molecule has 15 nitrogen and oxygen atoms in total. The summed E-state index contributed by atoms with van der Waals surface area (Å²) in [6.45, 7) is 49.7. The van der Waals surface area contributed by atoms with E-state index in [9.17, 15) is 4.79 Å². The predicted octanol–water partition coefficient (Wildman–Crippen LogP) is 29.1. The largest absolute Gasteiger partial charge is 0.0622 e. The van der Waals surface area contributed by atoms with E-state index in [-0.39, 0.29) is 94.4 Å². The zero-order chi connectivity index (χ0) is 107. The van der Waals surface area contributed by atoms with Gasteiger partial charge >= 0.3 is 35.0 Å². The third-order valence-corrected chi connectivity index (χ3v) is 45.2. The Hall–Kier alpha value is -5.59. The number of terminal acetylenes is 1. The van der Waals surface area contributed by atoms with Crippen molar-refractivity contribution in [2.45, 2.75) is 306 Å². The fourth-order valence-corrected chi connectivity index (χ4v) is 33.8. The Kier molecular flexibility index (Phi) is 44.9. The second-order valence-corrected chi connectivity index (χ2v) is 72.9. The van der Waals surface area contributed by atoms with Crippen LogP contribution < -0.4 is 31.8 Å². The van der Waals surface area contributed by atoms with Gasteiger partial charge in [0.05, 0.1) is 42.7 Å². The van der Waals surface area contributed by atoms with Gasteiger partial charge in [0.25, 0.3) is 0 Å². The van der Waals surface area contributed by atoms with E-state index in [1.165, 1.54) is 100 Å². The minimum absolute atomic E-state index is 0. The van der Waals surface area contributed by atoms with Gasteiger partial charge in [-0.25, -0.2) is 15.0 Å². The maximum atomic E-state index is 12.8. The maximum Gasteiger partial charge on any atom is -0.0134 e. The molecule has 0 amide bonds. The normalized spacial score (nSPS) is 25.5. The summed E-state index contributed by atoms with van der Waals surface area (Å²) >= 11 is 2.10. The van der Waals surface area contributed by atoms with Gasteiger partial charge in [0.15, 0.2) is 27.1 Å². The number of rotatable bonds is 21. The van der Waals surface area contributed by atoms with Crippen LogP contribution in [0.25, 0.3) is 0 Å². The molecule has 2 spiro atoms. The molecule has 9 aliphatic carbocycles. The number of aliphatic hydroxyl groups excluding tert-OH is 1. The maximum absolute atomic E-state index is 12.8. The van der Waals surface area contributed by atoms with Gasteiger partial charge in [-0.05, 0) is 267 Å². The van der Waals surface area contributed by atoms with E-state index >= 15 is 0 Å². The van der Waals surface area contributed by atoms with E-state index in [1.807, 2.05) is 40.1 Å². The average molecular weight is 2480 g/mol. The molecule has 20 rings (SSSR count). The van der Waals surface area contributed by atoms with Gasteiger partial charge < -0.3 is 52.0 Å². The zero-order valence-corrected chi connectivity index (χ0v) is 105. The van der Waals surface area contributed by atoms with E-state index < -0.39 is 45.9 Å². The van der Waals surface area contributed by atoms with Crippen molar-refractivity contribution in [3.8, 4) is 36.0 Å². The first-order chi connectivity index (χ1) is 71.2. The Bertz CT molecular complexity index is 5730. The molecular weight excluding hydrogens is 2310 g/mol. The number of ether oxygens (including phenoxy) is 7. The summed E-state index contributed by atoms with van der Waals surface area (Å²) in [5.41, 5.74) is 4.76. The van der Waals surface area contributed by atoms with Crippen molar-refractivity contribution in [3.63, 3.8) is 0 Å². The van der Waals surface area contributed by atoms with Gasteiger partial charge in [-0.3, -0.25) is 4.79 Å². The van der Waals surface area contributed by atoms with Crippen molar-refractivity contribution in [1.29, 1.82) is 0 Å². The number of ketones is 1. The van der Waals surface area contributed by atoms with Crippen molar-refractivity contribution < 1.29 is 59.0 Å². The molecule has 2 saturated heterocycles. The second-order valence-electron chi connectivity index (χ2n) is 48.3. The molecule has 0 bridgehead atoms. The Labute approximate surface area is 953 Å². The number of aliphatic hydroxyl groups is 1. The molecule has 11 aliphatic rings. The molecule has 5 heterocycles. The Morgan fingerprint density at radius 1 is 0.420 bits per heavy atom. The van der Waals surface area contributed by atoms with Crippen LogP contribution in [0, 0.1) is 106 Å². The number of aromatic nitrogens is 6. The number of hydrogen-bond donors (Lipinski definition) is 1. The van der Waals surface area contributed by atoms with Crippen molar-refractivity contribution >= 4 is 143 Å². The Balaban J connectivity index is 0.000000162. The van der Waals surface area contributed by atoms with Crippen LogP contribution in [0.2, 0.25) is 77.1 Å². The number of carbonyl (C=O) groups excluding carboxylic acids is 1. The first-order valence-corrected chi connectivity index (χ1v) is 73.5. The monoisotopic (exact) mass is 2470 g/mol. The molecule has 814 valence electrons. The molecule has 2 aliphatic heterocycles. The van der Waals surface area contributed by atoms with E-state index in [0.717, 1.165) is 152 Å². The molecule has 9 atom stereocenters. The Morgan fingerprint density at radius 2 is 0.707 bits per heavy atom. The first-order valence-electron chi connectivity index (χ1n) is 54.6. The topological polar surface area (TPSA) is 155 Å². The molecule has 3 aromatic heterocycles. The molecule has 0 unspecified atom stereocenters. The molecule has 1 N–H and O–H groups in total. The van der Waals surface area contributed by atoms with E-state index in [0.29, 0.717) is 50.2 Å². The van der Waals surface area contributed by atoms with Crippen LogP contribution in [-0.2, 0) is 74.1 Å². The van der Waals surface area contributed by atoms with E-state index in [4.69, 9.17) is 63.7 Å². The fraction of sp³-hybridized carbons (Fsp3) is 0.536. The van der Waals surface area contributed by atoms with Gasteiger partial charge in [-0.1, -0.05) is 339 Å². The van der Waals surface area contributed by atoms with Crippen molar-refractivity contribution in [2.75, 3.05) is 53.4 Å². The number of imidazole rings is 3. The minimum Gasteiger partial charge on any atom is -0.0622 e. The first kappa shape index (κ1) is 123. The molecule has 6 aromatic carbocycles. The number of carbonyl (C=O) groups is 1. The standard InChI is InChI=1S/C30H46N2O3Si.C28H42N2O2Si.C21H30O2.2C18H15P.C9H17IN2OSi.CH4O.2ClH.HI.Pd/c1-27(2)24-10-13-29(14-11-26-31-17-18-32(26)23-33-21-22-36(4,5)6)12-8-7-9-25(29)28(24,3)15-16-30(27)34-19-20-35-30;1-26(2)22-10-15-28(13-8-7-9-23(28)27(22,3)14-11-24(26)31)16-12-25-29-17-18-30(25)21-32-19-20-33(4,5)6;1-5-20-10-7-6-8-17(20)19(4)12-13-21(22-14-15-23-21)18(2,3)16(19)9-11-20;2*1-4-10-16(11-5-1)19(17-12-6-2-7-13-17)18-14-8-3-9-15-18;1-14(2,3)7-6-13-8-12-5-4-11-9(12)10;1-2;;;;/h9,17-18,24H,7-8,10,12-13,15-16,19-23H2,1-6H3;9,17-18,22H,7-8,10-11,13-15,19-21H2,1-6H3;1,8,16H,6-7,9-15H2,2-4H3;2*1-15H;4-5H,6-8H2,1-3H3;2H,1H3;3*1H;/q;;;;;;;;;;+2/p-2/t24-,28-,29+;22-,27-,28+;16-,19-,20+;;;;;;;;/m000......../s1. The third kappa shape index (κ3) is 29.4. The molecule has 6 saturated carbocycles. The van der Waals surface area contributed by atoms with E-state index in [1.54, 1.807) is 17.3 Å². The number of benzene rings is 6. The van der Waals surface area contributed by atoms with Crippen LogP contribution in [0.15, 0.2) is 254 Å². The average Bonchev–Trinajstić information content (AvgIpc) is 1.38. The van der Waals surface area contributed by atoms with Crippen LogP contribution in [0.4, 0.5) is 0 Å². The van der Waals surface area contributed by atoms with E-state index in [2.05, 4.69) is 393 Å². The third-order valence-electron chi connectivity index (χ3n) is 34.3. The Morgan fingerprint density at radius 3 is 1.02 bits per heavy atom. The van der Waals surface area contributed by atoms with Crippen LogP contribution in [0.3, 0.4) is 0 Å². The second kappa shape index (κ2) is 54.8. The summed E-state index contributed by atoms with van der Waals surface area (Å²) in [5, 5.41) is 15.4. The number of Topliss-reactive ketones (excluding diaryl/α,β-unsaturated/α-hetero) is 1. The summed E-state index contributed by atoms with van der Waals surface area (Å²) < 4.78 is 49.7. The fourth-order valence-electron chi connectivity index (χ4n) is 26.4. The summed E-state index contributed by atoms with van der Waals surface area (Å²) in [4.78, 5) is 26.0. The molecule has 9 aromatic rings. The van der Waals surface area contributed by atoms with Crippen LogP contribution in [0.5, 0.6) is 0 Å². The van der Waals surface area contributed by atoms with Gasteiger partial charge in [0.1, 0.15) is 26.0 Å². The number of fused-ring (bicyclic) bond motifs is 9. The summed E-state index contributed by atoms with van der Waals surface area (Å²) in [7, 11) is 6.61. The predicted molar refractivity (Wildman–Crippen MR) is 649 cm³/mol. The summed E-state index contributed by atoms with van der Waals surface area (Å²) in [6.07, 6.45) is 48.2. The quantitative estimate of drug-likeness (QED) is 0.0182. The smallest absolute Gasteiger partial charge is 0.0134 e. The minimum atomic E-state index is -1.09. The van der Waals surface area contributed by atoms with Crippen LogP contribution >= 0.6 is 81.5 Å². The summed E-state index contributed by atoms with van der Waals surface area (Å²) in [6, 6.07) is 68.2. The number of halogens is 4. The van der Waals surface area contributed by atoms with Crippen molar-refractivity contribution in [2.24, 2.45) is 66.5 Å². The molecule has 0 radical (unpaired) electrons. The number of hydrogen-bond acceptors (Lipinski definition) is 12. The number of allylic oxidation sites excluding steroid dienone is 6. The SMILES string of the molecule is C#C[C@]12CCCC=C1[C@@]1(C)CCC3(OCCO3)C(C)(C)[C@@H]1CC2.CC1(C)C(=O)CC[C@]2(C)C3=CCCC[C@]3(C#Cc3nccn3COCC[Si](C)(C)C)CC[C@@H]12.CC1(C)[C@@H]2CC[C@@]3(C#Cc4nccn4COCC[Si](C)(C)C)CCCC=C3[C@@]2(C)CCC12OCCO2.CO.C[Si](C)(C)CCOCn1ccnc1I.I.[Cl][Pd][Cl].c1ccc(P(c2ccccc2)c2ccccc2)cc1.c1ccc(P(c2ccccc2)c2ccccc2)cc1. The van der Waals surface area contributed by atoms with Gasteiger partial charge in [0.2, 0.25) is 0 Å². The van der Waals surface area contributed by atoms with Crippen molar-refractivity contribution in [3.05, 3.63) is 270 Å².